The predicted octanol–water partition coefficient (Wildman–Crippen LogP) is 24.1. The molecule has 19 aromatic rings. The summed E-state index contributed by atoms with van der Waals surface area (Å²) in [5.74, 6) is 0. The van der Waals surface area contributed by atoms with Gasteiger partial charge in [-0.2, -0.15) is 0 Å². The van der Waals surface area contributed by atoms with Gasteiger partial charge < -0.3 is 31.9 Å². The van der Waals surface area contributed by atoms with Gasteiger partial charge in [-0.3, -0.25) is 0 Å². The largest absolute Gasteiger partial charge is 0.456 e. The van der Waals surface area contributed by atoms with Crippen LogP contribution in [0.1, 0.15) is 51.3 Å². The molecular formula is C83H55N3O4. The van der Waals surface area contributed by atoms with Gasteiger partial charge in [0.25, 0.3) is 0 Å². The minimum Gasteiger partial charge on any atom is -0.456 e. The Labute approximate surface area is 515 Å². The van der Waals surface area contributed by atoms with Crippen molar-refractivity contribution in [2.24, 2.45) is 0 Å². The topological polar surface area (TPSA) is 63.5 Å². The number of benzene rings is 13. The summed E-state index contributed by atoms with van der Waals surface area (Å²) in [7, 11) is 0. The Hall–Kier alpha value is -11.3. The van der Waals surface area contributed by atoms with E-state index in [0.29, 0.717) is 0 Å². The van der Waals surface area contributed by atoms with Gasteiger partial charge in [0, 0.05) is 87.9 Å². The number of nitrogens with zero attached hydrogens (tertiary/aromatic N) is 3. The molecule has 20 rings (SSSR count). The molecule has 0 N–H and O–H groups in total. The minimum absolute atomic E-state index is 0.0966. The molecule has 0 atom stereocenters. The second-order valence-electron chi connectivity index (χ2n) is 26.3. The molecule has 90 heavy (non-hydrogen) atoms. The SMILES string of the molecule is CC(C)(C)c1ccc2c(c1)c1c(N(c3ccc4c(c3)oc3ccccc34)c3cccc4c3oc3ccccc34)ccc3c4c5ccc6c(c5ccc4n2c31)C(C)(C)c1cc(N(c2ccc3c(c2)oc2ccccc23)c2cccc3c2oc2ccccc23)ccc1-6. The Bertz CT molecular complexity index is 6330. The number of hydrogen-bond acceptors (Lipinski definition) is 6. The van der Waals surface area contributed by atoms with Gasteiger partial charge in [0.1, 0.15) is 33.5 Å². The molecule has 0 unspecified atom stereocenters. The van der Waals surface area contributed by atoms with Crippen LogP contribution in [0.25, 0.3) is 148 Å². The summed E-state index contributed by atoms with van der Waals surface area (Å²) in [4.78, 5) is 4.77. The van der Waals surface area contributed by atoms with Gasteiger partial charge in [0.05, 0.1) is 45.0 Å². The fraction of sp³-hybridized carbons (Fsp3) is 0.0843. The second-order valence-corrected chi connectivity index (χ2v) is 26.3. The third kappa shape index (κ3) is 6.62. The summed E-state index contributed by atoms with van der Waals surface area (Å²) in [6, 6.07) is 88.2. The first-order valence-electron chi connectivity index (χ1n) is 31.1. The maximum atomic E-state index is 6.95. The summed E-state index contributed by atoms with van der Waals surface area (Å²) in [5.41, 5.74) is 22.2. The molecule has 6 aromatic heterocycles. The van der Waals surface area contributed by atoms with Crippen molar-refractivity contribution in [3.8, 4) is 11.1 Å². The maximum absolute atomic E-state index is 6.95. The van der Waals surface area contributed by atoms with Crippen LogP contribution in [0.3, 0.4) is 0 Å². The quantitative estimate of drug-likeness (QED) is 0.165. The number of fused-ring (bicyclic) bond motifs is 24. The van der Waals surface area contributed by atoms with Crippen molar-refractivity contribution in [3.05, 3.63) is 259 Å². The molecule has 0 fully saturated rings. The lowest BCUT2D eigenvalue weighted by molar-refractivity contribution is 0.591. The van der Waals surface area contributed by atoms with E-state index in [2.05, 4.69) is 261 Å². The molecule has 426 valence electrons. The molecule has 0 saturated heterocycles. The molecular weight excluding hydrogens is 1100 g/mol. The normalized spacial score (nSPS) is 13.5. The molecule has 7 heteroatoms. The Morgan fingerprint density at radius 1 is 0.333 bits per heavy atom. The first-order valence-corrected chi connectivity index (χ1v) is 31.1. The fourth-order valence-electron chi connectivity index (χ4n) is 15.9. The molecule has 1 aliphatic carbocycles. The van der Waals surface area contributed by atoms with Crippen LogP contribution in [0.2, 0.25) is 0 Å². The first-order chi connectivity index (χ1) is 44.0. The summed E-state index contributed by atoms with van der Waals surface area (Å²) >= 11 is 0. The molecule has 0 saturated carbocycles. The average Bonchev–Trinajstić information content (AvgIpc) is 1.53. The highest BCUT2D eigenvalue weighted by atomic mass is 16.3. The van der Waals surface area contributed by atoms with Crippen LogP contribution in [0.4, 0.5) is 34.1 Å². The van der Waals surface area contributed by atoms with E-state index in [9.17, 15) is 0 Å². The number of furan rings is 4. The van der Waals surface area contributed by atoms with Gasteiger partial charge in [0.2, 0.25) is 0 Å². The first kappa shape index (κ1) is 49.8. The number of para-hydroxylation sites is 6. The van der Waals surface area contributed by atoms with Crippen LogP contribution >= 0.6 is 0 Å². The number of hydrogen-bond donors (Lipinski definition) is 0. The Balaban J connectivity index is 0.801. The van der Waals surface area contributed by atoms with Gasteiger partial charge in [-0.1, -0.05) is 168 Å². The van der Waals surface area contributed by atoms with Crippen molar-refractivity contribution < 1.29 is 17.7 Å². The van der Waals surface area contributed by atoms with Crippen molar-refractivity contribution in [3.63, 3.8) is 0 Å². The average molecular weight is 1160 g/mol. The van der Waals surface area contributed by atoms with E-state index in [-0.39, 0.29) is 5.41 Å². The van der Waals surface area contributed by atoms with Gasteiger partial charge in [-0.05, 0) is 141 Å². The van der Waals surface area contributed by atoms with Gasteiger partial charge in [-0.15, -0.1) is 0 Å². The number of aromatic nitrogens is 1. The highest BCUT2D eigenvalue weighted by molar-refractivity contribution is 6.32. The van der Waals surface area contributed by atoms with Gasteiger partial charge in [0.15, 0.2) is 11.2 Å². The predicted molar refractivity (Wildman–Crippen MR) is 373 cm³/mol. The lowest BCUT2D eigenvalue weighted by Gasteiger charge is -2.28. The molecule has 1 aliphatic rings. The second kappa shape index (κ2) is 17.5. The lowest BCUT2D eigenvalue weighted by atomic mass is 9.79. The molecule has 0 amide bonds. The zero-order valence-corrected chi connectivity index (χ0v) is 50.1. The molecule has 0 radical (unpaired) electrons. The smallest absolute Gasteiger partial charge is 0.159 e. The van der Waals surface area contributed by atoms with Crippen LogP contribution < -0.4 is 9.80 Å². The van der Waals surface area contributed by atoms with E-state index in [1.165, 1.54) is 76.7 Å². The molecule has 0 aliphatic heterocycles. The van der Waals surface area contributed by atoms with Crippen molar-refractivity contribution in [1.29, 1.82) is 0 Å². The van der Waals surface area contributed by atoms with Crippen molar-refractivity contribution in [1.82, 2.24) is 4.40 Å². The zero-order valence-electron chi connectivity index (χ0n) is 50.1. The molecule has 0 bridgehead atoms. The van der Waals surface area contributed by atoms with Crippen LogP contribution in [-0.4, -0.2) is 4.40 Å². The standard InChI is InChI=1S/C83H55N3O4/c1-82(2,3)46-28-39-65-63(42-46)77-67(85(49-31-34-56-52-17-7-11-25-71(52)88-75(56)45-49)69-23-15-21-61-54-19-9-13-27-73(54)90-81(61)69)41-38-62-76-57-35-36-58-50-32-29-47(43-64(50)83(4,5)78(58)59(57)37-40-66(76)86(65)79(62)77)84(48-30-33-55-51-16-6-10-24-70(51)87-74(55)44-48)68-22-14-20-60-53-18-8-12-26-72(53)89-80(60)68/h6-45H,1-5H3. The summed E-state index contributed by atoms with van der Waals surface area (Å²) in [5, 5.41) is 16.0. The highest BCUT2D eigenvalue weighted by Gasteiger charge is 2.39. The Morgan fingerprint density at radius 2 is 0.811 bits per heavy atom. The van der Waals surface area contributed by atoms with Crippen LogP contribution in [-0.2, 0) is 10.8 Å². The van der Waals surface area contributed by atoms with Crippen molar-refractivity contribution in [2.45, 2.75) is 45.4 Å². The summed E-state index contributed by atoms with van der Waals surface area (Å²) in [6.45, 7) is 11.8. The zero-order chi connectivity index (χ0) is 59.6. The van der Waals surface area contributed by atoms with E-state index < -0.39 is 5.41 Å². The third-order valence-corrected chi connectivity index (χ3v) is 20.0. The molecule has 0 spiro atoms. The number of anilines is 6. The highest BCUT2D eigenvalue weighted by Crippen LogP contribution is 2.57. The van der Waals surface area contributed by atoms with Crippen molar-refractivity contribution in [2.75, 3.05) is 9.80 Å². The fourth-order valence-corrected chi connectivity index (χ4v) is 15.9. The van der Waals surface area contributed by atoms with E-state index in [1.807, 2.05) is 30.3 Å². The monoisotopic (exact) mass is 1160 g/mol. The minimum atomic E-state index is -0.392. The van der Waals surface area contributed by atoms with Crippen LogP contribution in [0.5, 0.6) is 0 Å². The van der Waals surface area contributed by atoms with Gasteiger partial charge >= 0.3 is 0 Å². The Morgan fingerprint density at radius 3 is 1.43 bits per heavy atom. The third-order valence-electron chi connectivity index (χ3n) is 20.0. The molecule has 7 nitrogen and oxygen atoms in total. The van der Waals surface area contributed by atoms with Gasteiger partial charge in [-0.25, -0.2) is 0 Å². The summed E-state index contributed by atoms with van der Waals surface area (Å²) in [6.07, 6.45) is 0. The van der Waals surface area contributed by atoms with Crippen LogP contribution in [0, 0.1) is 0 Å². The van der Waals surface area contributed by atoms with E-state index in [1.54, 1.807) is 0 Å². The Kier molecular flexibility index (Phi) is 9.68. The van der Waals surface area contributed by atoms with E-state index in [4.69, 9.17) is 17.7 Å². The van der Waals surface area contributed by atoms with E-state index in [0.717, 1.165) is 122 Å². The van der Waals surface area contributed by atoms with E-state index >= 15 is 0 Å². The maximum Gasteiger partial charge on any atom is 0.159 e. The summed E-state index contributed by atoms with van der Waals surface area (Å²) < 4.78 is 29.6. The molecule has 6 heterocycles. The van der Waals surface area contributed by atoms with Crippen LogP contribution in [0.15, 0.2) is 260 Å². The van der Waals surface area contributed by atoms with Crippen molar-refractivity contribution >= 4 is 171 Å². The number of rotatable bonds is 6. The molecule has 13 aromatic carbocycles. The lowest BCUT2D eigenvalue weighted by Crippen LogP contribution is -2.17.